The molecule has 0 bridgehead atoms. The lowest BCUT2D eigenvalue weighted by atomic mass is 9.45. The van der Waals surface area contributed by atoms with Gasteiger partial charge in [-0.1, -0.05) is 54.5 Å². The molecular weight excluding hydrogens is 511 g/mol. The van der Waals surface area contributed by atoms with Crippen LogP contribution in [0.5, 0.6) is 0 Å². The third-order valence-electron chi connectivity index (χ3n) is 12.2. The van der Waals surface area contributed by atoms with Crippen LogP contribution in [0.3, 0.4) is 0 Å². The molecule has 4 fully saturated rings. The summed E-state index contributed by atoms with van der Waals surface area (Å²) < 4.78 is 27.5. The van der Waals surface area contributed by atoms with Gasteiger partial charge in [0.25, 0.3) is 0 Å². The van der Waals surface area contributed by atoms with E-state index in [1.165, 1.54) is 19.3 Å². The molecule has 1 N–H and O–H groups in total. The Morgan fingerprint density at radius 3 is 2.24 bits per heavy atom. The molecule has 0 heterocycles. The highest BCUT2D eigenvalue weighted by molar-refractivity contribution is 6.26. The molecule has 0 aromatic rings. The number of allylic oxidation sites excluding steroid dienone is 4. The fourth-order valence-corrected chi connectivity index (χ4v) is 9.86. The first-order chi connectivity index (χ1) is 17.4. The van der Waals surface area contributed by atoms with Gasteiger partial charge < -0.3 is 14.6 Å². The van der Waals surface area contributed by atoms with E-state index in [4.69, 9.17) is 21.1 Å². The number of hydrogen-bond donors (Lipinski definition) is 1. The van der Waals surface area contributed by atoms with Crippen LogP contribution >= 0.6 is 11.6 Å². The monoisotopic (exact) mass is 550 g/mol. The standard InChI is InChI=1S/C30H40ClFO6/c1-15-11-17-18-13-20(32)19-12-16(33)9-10-27(19,6)29(18,31)21(34)14-28(17,7)30(15,24(36)37-8)38-23(35)22-25(2,3)26(22,4)5/h9-10,12,15,17-18,20-22,34H,11,13-14H2,1-8H3/t15-,17+,18+,20+,21+,27+,28+,29+,30+/m1/s1. The molecular formula is C30H40ClFO6. The van der Waals surface area contributed by atoms with Gasteiger partial charge in [0, 0.05) is 16.7 Å². The molecule has 0 amide bonds. The van der Waals surface area contributed by atoms with Gasteiger partial charge in [-0.25, -0.2) is 9.18 Å². The summed E-state index contributed by atoms with van der Waals surface area (Å²) in [7, 11) is 1.28. The smallest absolute Gasteiger partial charge is 0.351 e. The molecule has 0 aliphatic heterocycles. The number of alkyl halides is 2. The maximum absolute atomic E-state index is 15.8. The molecule has 0 aromatic carbocycles. The molecule has 0 radical (unpaired) electrons. The summed E-state index contributed by atoms with van der Waals surface area (Å²) >= 11 is 7.44. The van der Waals surface area contributed by atoms with Gasteiger partial charge in [0.15, 0.2) is 5.78 Å². The predicted octanol–water partition coefficient (Wildman–Crippen LogP) is 4.96. The van der Waals surface area contributed by atoms with Crippen LogP contribution in [0, 0.1) is 45.3 Å². The summed E-state index contributed by atoms with van der Waals surface area (Å²) in [5.41, 5.74) is -4.11. The number of fused-ring (bicyclic) bond motifs is 5. The summed E-state index contributed by atoms with van der Waals surface area (Å²) in [6.07, 6.45) is 2.24. The predicted molar refractivity (Wildman–Crippen MR) is 140 cm³/mol. The van der Waals surface area contributed by atoms with Crippen molar-refractivity contribution in [3.63, 3.8) is 0 Å². The first kappa shape index (κ1) is 27.8. The highest BCUT2D eigenvalue weighted by Gasteiger charge is 2.79. The topological polar surface area (TPSA) is 89.9 Å². The first-order valence-electron chi connectivity index (χ1n) is 13.7. The number of ketones is 1. The summed E-state index contributed by atoms with van der Waals surface area (Å²) in [6.45, 7) is 13.5. The van der Waals surface area contributed by atoms with E-state index in [9.17, 15) is 19.5 Å². The van der Waals surface area contributed by atoms with Gasteiger partial charge in [-0.15, -0.1) is 11.6 Å². The Morgan fingerprint density at radius 1 is 1.08 bits per heavy atom. The van der Waals surface area contributed by atoms with E-state index < -0.39 is 63.3 Å². The van der Waals surface area contributed by atoms with Crippen molar-refractivity contribution >= 4 is 29.3 Å². The fraction of sp³-hybridized carbons (Fsp3) is 0.767. The van der Waals surface area contributed by atoms with Crippen molar-refractivity contribution in [1.29, 1.82) is 0 Å². The van der Waals surface area contributed by atoms with Gasteiger partial charge in [-0.3, -0.25) is 9.59 Å². The minimum absolute atomic E-state index is 0.00393. The number of ether oxygens (including phenoxy) is 2. The molecule has 8 heteroatoms. The summed E-state index contributed by atoms with van der Waals surface area (Å²) in [5.74, 6) is -3.14. The third-order valence-corrected chi connectivity index (χ3v) is 13.1. The zero-order chi connectivity index (χ0) is 28.4. The molecule has 5 aliphatic carbocycles. The van der Waals surface area contributed by atoms with Crippen LogP contribution in [-0.4, -0.2) is 52.7 Å². The highest BCUT2D eigenvalue weighted by atomic mass is 35.5. The second-order valence-corrected chi connectivity index (χ2v) is 14.6. The molecule has 0 unspecified atom stereocenters. The number of rotatable bonds is 3. The molecule has 0 saturated heterocycles. The van der Waals surface area contributed by atoms with Crippen LogP contribution in [-0.2, 0) is 23.9 Å². The van der Waals surface area contributed by atoms with Gasteiger partial charge >= 0.3 is 11.9 Å². The molecule has 4 saturated carbocycles. The van der Waals surface area contributed by atoms with Crippen molar-refractivity contribution in [3.8, 4) is 0 Å². The van der Waals surface area contributed by atoms with E-state index in [0.29, 0.717) is 6.42 Å². The maximum Gasteiger partial charge on any atom is 0.351 e. The Morgan fingerprint density at radius 2 is 1.68 bits per heavy atom. The number of hydrogen-bond acceptors (Lipinski definition) is 6. The van der Waals surface area contributed by atoms with E-state index >= 15 is 4.39 Å². The average Bonchev–Trinajstić information content (AvgIpc) is 3.13. The minimum Gasteiger partial charge on any atom is -0.466 e. The van der Waals surface area contributed by atoms with E-state index in [-0.39, 0.29) is 40.9 Å². The fourth-order valence-electron chi connectivity index (χ4n) is 9.37. The van der Waals surface area contributed by atoms with Crippen molar-refractivity contribution in [2.45, 2.75) is 90.5 Å². The zero-order valence-corrected chi connectivity index (χ0v) is 24.3. The Balaban J connectivity index is 1.61. The zero-order valence-electron chi connectivity index (χ0n) is 23.6. The Kier molecular flexibility index (Phi) is 5.81. The van der Waals surface area contributed by atoms with Crippen LogP contribution in [0.15, 0.2) is 23.8 Å². The Labute approximate surface area is 229 Å². The lowest BCUT2D eigenvalue weighted by molar-refractivity contribution is -0.217. The summed E-state index contributed by atoms with van der Waals surface area (Å²) in [5, 5.41) is 11.8. The molecule has 6 nitrogen and oxygen atoms in total. The highest BCUT2D eigenvalue weighted by Crippen LogP contribution is 2.74. The van der Waals surface area contributed by atoms with Gasteiger partial charge in [0.2, 0.25) is 5.60 Å². The Bertz CT molecular complexity index is 1160. The van der Waals surface area contributed by atoms with E-state index in [1.807, 2.05) is 41.5 Å². The summed E-state index contributed by atoms with van der Waals surface area (Å²) in [6, 6.07) is 0. The van der Waals surface area contributed by atoms with Crippen LogP contribution in [0.25, 0.3) is 0 Å². The third kappa shape index (κ3) is 2.96. The lowest BCUT2D eigenvalue weighted by Crippen LogP contribution is -2.70. The normalized spacial score (nSPS) is 48.3. The minimum atomic E-state index is -1.65. The number of esters is 2. The van der Waals surface area contributed by atoms with Gasteiger partial charge in [-0.2, -0.15) is 0 Å². The molecule has 0 spiro atoms. The summed E-state index contributed by atoms with van der Waals surface area (Å²) in [4.78, 5) is 38.2. The van der Waals surface area contributed by atoms with Gasteiger partial charge in [0.1, 0.15) is 6.17 Å². The van der Waals surface area contributed by atoms with E-state index in [0.717, 1.165) is 0 Å². The Hall–Kier alpha value is -1.73. The largest absolute Gasteiger partial charge is 0.466 e. The van der Waals surface area contributed by atoms with Crippen molar-refractivity contribution in [3.05, 3.63) is 23.8 Å². The first-order valence-corrected chi connectivity index (χ1v) is 14.0. The van der Waals surface area contributed by atoms with Crippen LogP contribution in [0.4, 0.5) is 4.39 Å². The SMILES string of the molecule is COC(=O)[C@@]1(OC(=O)C2C(C)(C)C2(C)C)[C@H](C)C[C@H]2[C@@H]3C[C@H](F)C4=CC(=O)C=C[C@]4(C)[C@@]3(Cl)[C@@H](O)C[C@@]21C. The molecule has 9 atom stereocenters. The van der Waals surface area contributed by atoms with Crippen molar-refractivity contribution in [2.75, 3.05) is 7.11 Å². The molecule has 38 heavy (non-hydrogen) atoms. The van der Waals surface area contributed by atoms with Crippen molar-refractivity contribution in [1.82, 2.24) is 0 Å². The molecule has 5 aliphatic rings. The maximum atomic E-state index is 15.8. The second-order valence-electron chi connectivity index (χ2n) is 14.0. The van der Waals surface area contributed by atoms with Crippen LogP contribution in [0.1, 0.15) is 67.7 Å². The van der Waals surface area contributed by atoms with E-state index in [2.05, 4.69) is 0 Å². The molecule has 5 rings (SSSR count). The van der Waals surface area contributed by atoms with Crippen molar-refractivity contribution < 1.29 is 33.4 Å². The quantitative estimate of drug-likeness (QED) is 0.395. The average molecular weight is 551 g/mol. The number of carbonyl (C=O) groups excluding carboxylic acids is 3. The number of aliphatic hydroxyl groups excluding tert-OH is 1. The van der Waals surface area contributed by atoms with Gasteiger partial charge in [-0.05, 0) is 59.7 Å². The van der Waals surface area contributed by atoms with Gasteiger partial charge in [0.05, 0.1) is 24.0 Å². The lowest BCUT2D eigenvalue weighted by Gasteiger charge is -2.64. The second kappa shape index (κ2) is 7.93. The van der Waals surface area contributed by atoms with E-state index in [1.54, 1.807) is 13.0 Å². The van der Waals surface area contributed by atoms with Crippen LogP contribution in [0.2, 0.25) is 0 Å². The van der Waals surface area contributed by atoms with Crippen molar-refractivity contribution in [2.24, 2.45) is 45.3 Å². The number of aliphatic hydroxyl groups is 1. The molecule has 210 valence electrons. The number of methoxy groups -OCH3 is 1. The molecule has 0 aromatic heterocycles. The number of halogens is 2. The van der Waals surface area contributed by atoms with Crippen LogP contribution < -0.4 is 0 Å². The number of carbonyl (C=O) groups is 3.